The summed E-state index contributed by atoms with van der Waals surface area (Å²) in [5, 5.41) is 13.1. The normalized spacial score (nSPS) is 25.4. The lowest BCUT2D eigenvalue weighted by Crippen LogP contribution is -2.45. The number of hydrogen-bond donors (Lipinski definition) is 2. The lowest BCUT2D eigenvalue weighted by Gasteiger charge is -2.36. The minimum absolute atomic E-state index is 0.00705. The lowest BCUT2D eigenvalue weighted by molar-refractivity contribution is 0.0147. The zero-order valence-corrected chi connectivity index (χ0v) is 10.1. The van der Waals surface area contributed by atoms with E-state index in [-0.39, 0.29) is 11.8 Å². The third-order valence-corrected chi connectivity index (χ3v) is 3.37. The van der Waals surface area contributed by atoms with E-state index in [0.717, 1.165) is 24.5 Å². The Morgan fingerprint density at radius 1 is 1.47 bits per heavy atom. The smallest absolute Gasteiger partial charge is 0.126 e. The van der Waals surface area contributed by atoms with Gasteiger partial charge in [0.25, 0.3) is 0 Å². The van der Waals surface area contributed by atoms with E-state index in [4.69, 9.17) is 4.74 Å². The molecule has 1 aliphatic rings. The van der Waals surface area contributed by atoms with Gasteiger partial charge in [-0.2, -0.15) is 0 Å². The van der Waals surface area contributed by atoms with Crippen LogP contribution in [0.15, 0.2) is 18.2 Å². The molecule has 3 nitrogen and oxygen atoms in total. The first-order chi connectivity index (χ1) is 8.10. The molecule has 0 radical (unpaired) electrons. The maximum Gasteiger partial charge on any atom is 0.126 e. The van der Waals surface area contributed by atoms with Crippen LogP contribution >= 0.6 is 0 Å². The van der Waals surface area contributed by atoms with E-state index in [0.29, 0.717) is 12.1 Å². The second kappa shape index (κ2) is 5.02. The summed E-state index contributed by atoms with van der Waals surface area (Å²) >= 11 is 0. The Balaban J connectivity index is 1.93. The first kappa shape index (κ1) is 12.3. The van der Waals surface area contributed by atoms with Crippen LogP contribution in [0.25, 0.3) is 0 Å². The second-order valence-electron chi connectivity index (χ2n) is 4.62. The molecule has 2 N–H and O–H groups in total. The molecular weight excluding hydrogens is 221 g/mol. The largest absolute Gasteiger partial charge is 0.508 e. The van der Waals surface area contributed by atoms with E-state index in [1.165, 1.54) is 6.07 Å². The summed E-state index contributed by atoms with van der Waals surface area (Å²) in [5.74, 6) is -0.408. The Labute approximate surface area is 101 Å². The molecule has 4 heteroatoms. The Kier molecular flexibility index (Phi) is 3.64. The molecule has 94 valence electrons. The standard InChI is InChI=1S/C13H18FNO2/c1-8(15-10-6-11(7-10)17-2)12-4-3-9(14)5-13(12)16/h3-5,8,10-11,15-16H,6-7H2,1-2H3. The van der Waals surface area contributed by atoms with Gasteiger partial charge in [-0.15, -0.1) is 0 Å². The number of methoxy groups -OCH3 is 1. The summed E-state index contributed by atoms with van der Waals surface area (Å²) < 4.78 is 18.1. The van der Waals surface area contributed by atoms with Crippen LogP contribution in [0.2, 0.25) is 0 Å². The number of ether oxygens (including phenoxy) is 1. The molecule has 1 atom stereocenters. The van der Waals surface area contributed by atoms with Crippen molar-refractivity contribution in [3.8, 4) is 5.75 Å². The third kappa shape index (κ3) is 2.76. The summed E-state index contributed by atoms with van der Waals surface area (Å²) in [7, 11) is 1.72. The van der Waals surface area contributed by atoms with Crippen molar-refractivity contribution < 1.29 is 14.2 Å². The molecule has 1 unspecified atom stereocenters. The first-order valence-electron chi connectivity index (χ1n) is 5.87. The maximum atomic E-state index is 12.9. The van der Waals surface area contributed by atoms with Gasteiger partial charge < -0.3 is 15.2 Å². The number of benzene rings is 1. The van der Waals surface area contributed by atoms with Crippen molar-refractivity contribution >= 4 is 0 Å². The van der Waals surface area contributed by atoms with Gasteiger partial charge >= 0.3 is 0 Å². The fourth-order valence-electron chi connectivity index (χ4n) is 2.22. The predicted octanol–water partition coefficient (Wildman–Crippen LogP) is 2.36. The van der Waals surface area contributed by atoms with Gasteiger partial charge in [-0.3, -0.25) is 0 Å². The highest BCUT2D eigenvalue weighted by Gasteiger charge is 2.30. The Hall–Kier alpha value is -1.13. The van der Waals surface area contributed by atoms with Crippen LogP contribution in [-0.4, -0.2) is 24.4 Å². The van der Waals surface area contributed by atoms with E-state index >= 15 is 0 Å². The molecule has 0 aliphatic heterocycles. The fraction of sp³-hybridized carbons (Fsp3) is 0.538. The van der Waals surface area contributed by atoms with E-state index in [1.807, 2.05) is 6.92 Å². The summed E-state index contributed by atoms with van der Waals surface area (Å²) in [6.07, 6.45) is 2.33. The van der Waals surface area contributed by atoms with Gasteiger partial charge in [-0.25, -0.2) is 4.39 Å². The van der Waals surface area contributed by atoms with Gasteiger partial charge in [0.1, 0.15) is 11.6 Å². The minimum Gasteiger partial charge on any atom is -0.508 e. The summed E-state index contributed by atoms with van der Waals surface area (Å²) in [5.41, 5.74) is 0.729. The van der Waals surface area contributed by atoms with Crippen molar-refractivity contribution in [1.82, 2.24) is 5.32 Å². The molecule has 1 aromatic carbocycles. The van der Waals surface area contributed by atoms with Crippen molar-refractivity contribution in [1.29, 1.82) is 0 Å². The monoisotopic (exact) mass is 239 g/mol. The molecule has 1 aromatic rings. The van der Waals surface area contributed by atoms with E-state index in [9.17, 15) is 9.50 Å². The number of nitrogens with one attached hydrogen (secondary N) is 1. The van der Waals surface area contributed by atoms with Crippen LogP contribution in [0, 0.1) is 5.82 Å². The summed E-state index contributed by atoms with van der Waals surface area (Å²) in [6.45, 7) is 1.97. The number of hydrogen-bond acceptors (Lipinski definition) is 3. The maximum absolute atomic E-state index is 12.9. The quantitative estimate of drug-likeness (QED) is 0.847. The Bertz CT molecular complexity index is 391. The second-order valence-corrected chi connectivity index (χ2v) is 4.62. The van der Waals surface area contributed by atoms with Crippen molar-refractivity contribution in [3.63, 3.8) is 0 Å². The SMILES string of the molecule is COC1CC(NC(C)c2ccc(F)cc2O)C1. The van der Waals surface area contributed by atoms with Gasteiger partial charge in [-0.05, 0) is 25.8 Å². The summed E-state index contributed by atoms with van der Waals surface area (Å²) in [6, 6.07) is 4.56. The number of rotatable bonds is 4. The first-order valence-corrected chi connectivity index (χ1v) is 5.87. The van der Waals surface area contributed by atoms with Crippen LogP contribution in [-0.2, 0) is 4.74 Å². The molecule has 2 rings (SSSR count). The lowest BCUT2D eigenvalue weighted by atomic mass is 9.88. The van der Waals surface area contributed by atoms with E-state index in [2.05, 4.69) is 5.32 Å². The topological polar surface area (TPSA) is 41.5 Å². The Morgan fingerprint density at radius 3 is 2.76 bits per heavy atom. The van der Waals surface area contributed by atoms with Crippen molar-refractivity contribution in [2.24, 2.45) is 0 Å². The average molecular weight is 239 g/mol. The highest BCUT2D eigenvalue weighted by Crippen LogP contribution is 2.29. The number of phenolic OH excluding ortho intramolecular Hbond substituents is 1. The number of phenols is 1. The van der Waals surface area contributed by atoms with Crippen LogP contribution in [0.5, 0.6) is 5.75 Å². The molecule has 0 bridgehead atoms. The van der Waals surface area contributed by atoms with Gasteiger partial charge in [0.2, 0.25) is 0 Å². The van der Waals surface area contributed by atoms with Crippen LogP contribution in [0.3, 0.4) is 0 Å². The number of halogens is 1. The zero-order chi connectivity index (χ0) is 12.4. The van der Waals surface area contributed by atoms with E-state index < -0.39 is 5.82 Å². The molecule has 0 amide bonds. The molecule has 1 fully saturated rings. The van der Waals surface area contributed by atoms with Crippen LogP contribution < -0.4 is 5.32 Å². The Morgan fingerprint density at radius 2 is 2.18 bits per heavy atom. The zero-order valence-electron chi connectivity index (χ0n) is 10.1. The highest BCUT2D eigenvalue weighted by atomic mass is 19.1. The molecular formula is C13H18FNO2. The highest BCUT2D eigenvalue weighted by molar-refractivity contribution is 5.35. The van der Waals surface area contributed by atoms with Crippen molar-refractivity contribution in [3.05, 3.63) is 29.6 Å². The van der Waals surface area contributed by atoms with E-state index in [1.54, 1.807) is 13.2 Å². The van der Waals surface area contributed by atoms with Crippen LogP contribution in [0.1, 0.15) is 31.4 Å². The molecule has 1 saturated carbocycles. The van der Waals surface area contributed by atoms with Crippen LogP contribution in [0.4, 0.5) is 4.39 Å². The fourth-order valence-corrected chi connectivity index (χ4v) is 2.22. The molecule has 17 heavy (non-hydrogen) atoms. The third-order valence-electron chi connectivity index (χ3n) is 3.37. The molecule has 1 aliphatic carbocycles. The summed E-state index contributed by atoms with van der Waals surface area (Å²) in [4.78, 5) is 0. The van der Waals surface area contributed by atoms with Gasteiger partial charge in [0.15, 0.2) is 0 Å². The van der Waals surface area contributed by atoms with Gasteiger partial charge in [0, 0.05) is 30.8 Å². The predicted molar refractivity (Wildman–Crippen MR) is 63.4 cm³/mol. The number of aromatic hydroxyl groups is 1. The van der Waals surface area contributed by atoms with Gasteiger partial charge in [0.05, 0.1) is 6.10 Å². The average Bonchev–Trinajstić information content (AvgIpc) is 2.22. The molecule has 0 spiro atoms. The molecule has 0 aromatic heterocycles. The van der Waals surface area contributed by atoms with Crippen molar-refractivity contribution in [2.45, 2.75) is 38.0 Å². The molecule has 0 saturated heterocycles. The molecule has 0 heterocycles. The minimum atomic E-state index is -0.415. The van der Waals surface area contributed by atoms with Crippen molar-refractivity contribution in [2.75, 3.05) is 7.11 Å². The van der Waals surface area contributed by atoms with Gasteiger partial charge in [-0.1, -0.05) is 6.07 Å².